The van der Waals surface area contributed by atoms with E-state index < -0.39 is 0 Å². The summed E-state index contributed by atoms with van der Waals surface area (Å²) in [7, 11) is 0. The summed E-state index contributed by atoms with van der Waals surface area (Å²) in [5.74, 6) is 0.0453. The van der Waals surface area contributed by atoms with Crippen LogP contribution in [0.2, 0.25) is 0 Å². The largest absolute Gasteiger partial charge is 0.399 e. The van der Waals surface area contributed by atoms with Gasteiger partial charge >= 0.3 is 6.03 Å². The van der Waals surface area contributed by atoms with Crippen molar-refractivity contribution in [1.82, 2.24) is 5.32 Å². The summed E-state index contributed by atoms with van der Waals surface area (Å²) < 4.78 is 0. The first kappa shape index (κ1) is 12.4. The van der Waals surface area contributed by atoms with Crippen molar-refractivity contribution in [2.45, 2.75) is 26.3 Å². The average Bonchev–Trinajstić information content (AvgIpc) is 2.27. The molecule has 0 aromatic heterocycles. The van der Waals surface area contributed by atoms with Crippen molar-refractivity contribution in [3.8, 4) is 0 Å². The highest BCUT2D eigenvalue weighted by Gasteiger charge is 2.34. The Labute approximate surface area is 106 Å². The van der Waals surface area contributed by atoms with Gasteiger partial charge in [0.25, 0.3) is 0 Å². The molecule has 5 heteroatoms. The number of carbonyl (C=O) groups excluding carboxylic acids is 2. The Hall–Kier alpha value is -2.04. The molecule has 1 fully saturated rings. The van der Waals surface area contributed by atoms with Crippen molar-refractivity contribution >= 4 is 23.3 Å². The van der Waals surface area contributed by atoms with Gasteiger partial charge in [0.2, 0.25) is 5.91 Å². The zero-order chi connectivity index (χ0) is 13.3. The minimum absolute atomic E-state index is 0.0951. The third kappa shape index (κ3) is 2.30. The Bertz CT molecular complexity index is 467. The van der Waals surface area contributed by atoms with Crippen molar-refractivity contribution < 1.29 is 9.59 Å². The second-order valence-electron chi connectivity index (χ2n) is 4.83. The van der Waals surface area contributed by atoms with E-state index in [4.69, 9.17) is 5.73 Å². The Morgan fingerprint density at radius 2 is 2.11 bits per heavy atom. The normalized spacial score (nSPS) is 20.2. The van der Waals surface area contributed by atoms with Gasteiger partial charge in [0, 0.05) is 18.2 Å². The fourth-order valence-electron chi connectivity index (χ4n) is 1.99. The minimum atomic E-state index is -0.379. The van der Waals surface area contributed by atoms with Gasteiger partial charge in [-0.2, -0.15) is 0 Å². The number of imide groups is 1. The molecular weight excluding hydrogens is 230 g/mol. The number of anilines is 2. The molecule has 1 aliphatic heterocycles. The molecule has 0 saturated carbocycles. The van der Waals surface area contributed by atoms with Crippen molar-refractivity contribution in [1.29, 1.82) is 0 Å². The molecule has 0 bridgehead atoms. The first-order valence-corrected chi connectivity index (χ1v) is 5.98. The highest BCUT2D eigenvalue weighted by Crippen LogP contribution is 2.23. The maximum absolute atomic E-state index is 12.1. The molecule has 1 heterocycles. The Morgan fingerprint density at radius 1 is 1.39 bits per heavy atom. The molecule has 1 saturated heterocycles. The van der Waals surface area contributed by atoms with Crippen LogP contribution in [0.1, 0.15) is 20.3 Å². The van der Waals surface area contributed by atoms with E-state index in [1.807, 2.05) is 13.8 Å². The summed E-state index contributed by atoms with van der Waals surface area (Å²) in [6, 6.07) is 6.28. The first-order valence-electron chi connectivity index (χ1n) is 5.98. The standard InChI is InChI=1S/C13H17N3O2/c1-8(2)11-7-12(17)16(13(18)15-11)10-5-3-4-9(14)6-10/h3-6,8,11H,7,14H2,1-2H3,(H,15,18). The molecule has 1 unspecified atom stereocenters. The van der Waals surface area contributed by atoms with Crippen molar-refractivity contribution in [3.05, 3.63) is 24.3 Å². The number of rotatable bonds is 2. The predicted molar refractivity (Wildman–Crippen MR) is 70.1 cm³/mol. The Kier molecular flexibility index (Phi) is 3.23. The number of urea groups is 1. The van der Waals surface area contributed by atoms with E-state index in [-0.39, 0.29) is 23.9 Å². The fourth-order valence-corrected chi connectivity index (χ4v) is 1.99. The number of carbonyl (C=O) groups is 2. The van der Waals surface area contributed by atoms with Gasteiger partial charge in [0.1, 0.15) is 0 Å². The van der Waals surface area contributed by atoms with Crippen LogP contribution in [-0.4, -0.2) is 18.0 Å². The Balaban J connectivity index is 2.25. The lowest BCUT2D eigenvalue weighted by atomic mass is 9.98. The first-order chi connectivity index (χ1) is 8.49. The molecule has 5 nitrogen and oxygen atoms in total. The zero-order valence-electron chi connectivity index (χ0n) is 10.5. The maximum Gasteiger partial charge on any atom is 0.328 e. The lowest BCUT2D eigenvalue weighted by Crippen LogP contribution is -2.56. The SMILES string of the molecule is CC(C)C1CC(=O)N(c2cccc(N)c2)C(=O)N1. The number of amides is 3. The van der Waals surface area contributed by atoms with Crippen LogP contribution in [0.25, 0.3) is 0 Å². The third-order valence-electron chi connectivity index (χ3n) is 3.09. The van der Waals surface area contributed by atoms with Gasteiger partial charge in [-0.1, -0.05) is 19.9 Å². The van der Waals surface area contributed by atoms with Gasteiger partial charge < -0.3 is 11.1 Å². The van der Waals surface area contributed by atoms with Crippen LogP contribution in [0.15, 0.2) is 24.3 Å². The van der Waals surface area contributed by atoms with E-state index in [1.165, 1.54) is 0 Å². The topological polar surface area (TPSA) is 75.4 Å². The quantitative estimate of drug-likeness (QED) is 0.782. The highest BCUT2D eigenvalue weighted by atomic mass is 16.2. The fraction of sp³-hybridized carbons (Fsp3) is 0.385. The smallest absolute Gasteiger partial charge is 0.328 e. The summed E-state index contributed by atoms with van der Waals surface area (Å²) in [5, 5.41) is 2.84. The van der Waals surface area contributed by atoms with Crippen LogP contribution in [0.3, 0.4) is 0 Å². The van der Waals surface area contributed by atoms with Gasteiger partial charge in [-0.05, 0) is 24.1 Å². The molecule has 96 valence electrons. The van der Waals surface area contributed by atoms with Crippen LogP contribution in [0, 0.1) is 5.92 Å². The molecule has 1 aliphatic rings. The molecule has 1 aromatic carbocycles. The second-order valence-corrected chi connectivity index (χ2v) is 4.83. The molecule has 0 spiro atoms. The van der Waals surface area contributed by atoms with E-state index in [2.05, 4.69) is 5.32 Å². The van der Waals surface area contributed by atoms with Crippen molar-refractivity contribution in [3.63, 3.8) is 0 Å². The number of hydrogen-bond acceptors (Lipinski definition) is 3. The minimum Gasteiger partial charge on any atom is -0.399 e. The molecule has 2 rings (SSSR count). The van der Waals surface area contributed by atoms with Crippen LogP contribution < -0.4 is 16.0 Å². The van der Waals surface area contributed by atoms with E-state index in [0.717, 1.165) is 4.90 Å². The van der Waals surface area contributed by atoms with E-state index in [0.29, 0.717) is 17.8 Å². The lowest BCUT2D eigenvalue weighted by Gasteiger charge is -2.33. The highest BCUT2D eigenvalue weighted by molar-refractivity contribution is 6.16. The van der Waals surface area contributed by atoms with Gasteiger partial charge in [0.15, 0.2) is 0 Å². The number of nitrogens with one attached hydrogen (secondary N) is 1. The number of nitrogens with two attached hydrogens (primary N) is 1. The second kappa shape index (κ2) is 4.68. The van der Waals surface area contributed by atoms with Crippen molar-refractivity contribution in [2.75, 3.05) is 10.6 Å². The lowest BCUT2D eigenvalue weighted by molar-refractivity contribution is -0.119. The summed E-state index contributed by atoms with van der Waals surface area (Å²) in [6.45, 7) is 3.96. The van der Waals surface area contributed by atoms with Crippen LogP contribution in [0.5, 0.6) is 0 Å². The van der Waals surface area contributed by atoms with E-state index in [9.17, 15) is 9.59 Å². The summed E-state index contributed by atoms with van der Waals surface area (Å²) in [6.07, 6.45) is 0.318. The Morgan fingerprint density at radius 3 is 2.67 bits per heavy atom. The van der Waals surface area contributed by atoms with Crippen molar-refractivity contribution in [2.24, 2.45) is 5.92 Å². The molecule has 0 aliphatic carbocycles. The molecular formula is C13H17N3O2. The van der Waals surface area contributed by atoms with Crippen LogP contribution >= 0.6 is 0 Å². The third-order valence-corrected chi connectivity index (χ3v) is 3.09. The molecule has 3 N–H and O–H groups in total. The molecule has 1 aromatic rings. The number of benzene rings is 1. The number of nitrogens with zero attached hydrogens (tertiary/aromatic N) is 1. The summed E-state index contributed by atoms with van der Waals surface area (Å²) in [4.78, 5) is 25.2. The van der Waals surface area contributed by atoms with Crippen LogP contribution in [-0.2, 0) is 4.79 Å². The average molecular weight is 247 g/mol. The molecule has 3 amide bonds. The predicted octanol–water partition coefficient (Wildman–Crippen LogP) is 1.74. The maximum atomic E-state index is 12.1. The molecule has 18 heavy (non-hydrogen) atoms. The number of nitrogen functional groups attached to an aromatic ring is 1. The van der Waals surface area contributed by atoms with Crippen LogP contribution in [0.4, 0.5) is 16.2 Å². The number of hydrogen-bond donors (Lipinski definition) is 2. The van der Waals surface area contributed by atoms with E-state index >= 15 is 0 Å². The van der Waals surface area contributed by atoms with Gasteiger partial charge in [-0.25, -0.2) is 9.69 Å². The van der Waals surface area contributed by atoms with Gasteiger partial charge in [-0.15, -0.1) is 0 Å². The van der Waals surface area contributed by atoms with Gasteiger partial charge in [-0.3, -0.25) is 4.79 Å². The summed E-state index contributed by atoms with van der Waals surface area (Å²) >= 11 is 0. The summed E-state index contributed by atoms with van der Waals surface area (Å²) in [5.41, 5.74) is 6.70. The molecule has 0 radical (unpaired) electrons. The van der Waals surface area contributed by atoms with E-state index in [1.54, 1.807) is 24.3 Å². The monoisotopic (exact) mass is 247 g/mol. The van der Waals surface area contributed by atoms with Gasteiger partial charge in [0.05, 0.1) is 5.69 Å². The molecule has 1 atom stereocenters. The zero-order valence-corrected chi connectivity index (χ0v) is 10.5.